The van der Waals surface area contributed by atoms with Gasteiger partial charge in [-0.25, -0.2) is 4.98 Å². The lowest BCUT2D eigenvalue weighted by molar-refractivity contribution is -0.117. The van der Waals surface area contributed by atoms with Gasteiger partial charge in [0.1, 0.15) is 11.7 Å². The van der Waals surface area contributed by atoms with Gasteiger partial charge in [0.05, 0.1) is 6.07 Å². The number of anilines is 1. The number of hydrogen-bond acceptors (Lipinski definition) is 3. The van der Waals surface area contributed by atoms with E-state index in [1.807, 2.05) is 6.07 Å². The number of carbonyl (C=O) groups excluding carboxylic acids is 1. The molecule has 1 aromatic heterocycles. The van der Waals surface area contributed by atoms with Gasteiger partial charge in [-0.3, -0.25) is 4.79 Å². The molecule has 0 aliphatic carbocycles. The van der Waals surface area contributed by atoms with Crippen molar-refractivity contribution in [3.05, 3.63) is 24.4 Å². The van der Waals surface area contributed by atoms with Gasteiger partial charge in [-0.05, 0) is 19.1 Å². The summed E-state index contributed by atoms with van der Waals surface area (Å²) in [6.07, 6.45) is 1.58. The standard InChI is InChI=1S/C9H9N3O/c1-7(6-10)9(13)12-8-4-2-3-5-11-8/h2-5,7H,1H3,(H,11,12,13). The molecule has 0 aromatic carbocycles. The highest BCUT2D eigenvalue weighted by molar-refractivity contribution is 5.92. The third-order valence-corrected chi connectivity index (χ3v) is 1.50. The molecule has 1 unspecified atom stereocenters. The van der Waals surface area contributed by atoms with Gasteiger partial charge in [0, 0.05) is 6.20 Å². The predicted molar refractivity (Wildman–Crippen MR) is 47.6 cm³/mol. The summed E-state index contributed by atoms with van der Waals surface area (Å²) in [4.78, 5) is 15.1. The lowest BCUT2D eigenvalue weighted by Crippen LogP contribution is -2.19. The van der Waals surface area contributed by atoms with E-state index < -0.39 is 5.92 Å². The number of nitrogens with zero attached hydrogens (tertiary/aromatic N) is 2. The summed E-state index contributed by atoms with van der Waals surface area (Å²) in [6, 6.07) is 7.03. The first-order valence-corrected chi connectivity index (χ1v) is 3.85. The van der Waals surface area contributed by atoms with E-state index in [-0.39, 0.29) is 5.91 Å². The molecule has 0 bridgehead atoms. The molecule has 0 fully saturated rings. The minimum atomic E-state index is -0.651. The van der Waals surface area contributed by atoms with E-state index in [2.05, 4.69) is 10.3 Å². The summed E-state index contributed by atoms with van der Waals surface area (Å²) in [5.41, 5.74) is 0. The highest BCUT2D eigenvalue weighted by Crippen LogP contribution is 2.02. The molecule has 0 aliphatic heterocycles. The van der Waals surface area contributed by atoms with Crippen LogP contribution in [0.15, 0.2) is 24.4 Å². The van der Waals surface area contributed by atoms with Crippen molar-refractivity contribution >= 4 is 11.7 Å². The summed E-state index contributed by atoms with van der Waals surface area (Å²) in [7, 11) is 0. The highest BCUT2D eigenvalue weighted by Gasteiger charge is 2.11. The number of hydrogen-bond donors (Lipinski definition) is 1. The lowest BCUT2D eigenvalue weighted by Gasteiger charge is -2.03. The van der Waals surface area contributed by atoms with E-state index >= 15 is 0 Å². The van der Waals surface area contributed by atoms with Gasteiger partial charge < -0.3 is 5.32 Å². The van der Waals surface area contributed by atoms with Gasteiger partial charge >= 0.3 is 0 Å². The van der Waals surface area contributed by atoms with Crippen LogP contribution in [0.25, 0.3) is 0 Å². The van der Waals surface area contributed by atoms with Gasteiger partial charge in [-0.2, -0.15) is 5.26 Å². The van der Waals surface area contributed by atoms with Crippen LogP contribution >= 0.6 is 0 Å². The Kier molecular flexibility index (Phi) is 2.98. The van der Waals surface area contributed by atoms with Gasteiger partial charge in [0.2, 0.25) is 5.91 Å². The SMILES string of the molecule is CC(C#N)C(=O)Nc1ccccn1. The fourth-order valence-corrected chi connectivity index (χ4v) is 0.730. The molecule has 4 heteroatoms. The van der Waals surface area contributed by atoms with E-state index in [1.165, 1.54) is 6.92 Å². The second kappa shape index (κ2) is 4.21. The largest absolute Gasteiger partial charge is 0.310 e. The Morgan fingerprint density at radius 3 is 3.00 bits per heavy atom. The molecule has 4 nitrogen and oxygen atoms in total. The lowest BCUT2D eigenvalue weighted by atomic mass is 10.2. The van der Waals surface area contributed by atoms with Crippen LogP contribution in [0.5, 0.6) is 0 Å². The minimum absolute atomic E-state index is 0.332. The smallest absolute Gasteiger partial charge is 0.242 e. The molecule has 1 aromatic rings. The maximum atomic E-state index is 11.2. The van der Waals surface area contributed by atoms with Crippen LogP contribution in [-0.2, 0) is 4.79 Å². The Balaban J connectivity index is 2.62. The molecule has 1 amide bonds. The molecule has 1 rings (SSSR count). The van der Waals surface area contributed by atoms with Crippen LogP contribution in [0, 0.1) is 17.2 Å². The number of carbonyl (C=O) groups is 1. The number of rotatable bonds is 2. The molecule has 66 valence electrons. The van der Waals surface area contributed by atoms with Crippen molar-refractivity contribution in [2.24, 2.45) is 5.92 Å². The van der Waals surface area contributed by atoms with E-state index in [0.29, 0.717) is 5.82 Å². The van der Waals surface area contributed by atoms with Crippen LogP contribution in [0.4, 0.5) is 5.82 Å². The maximum Gasteiger partial charge on any atom is 0.242 e. The number of nitrogens with one attached hydrogen (secondary N) is 1. The van der Waals surface area contributed by atoms with Crippen LogP contribution < -0.4 is 5.32 Å². The zero-order chi connectivity index (χ0) is 9.68. The van der Waals surface area contributed by atoms with Gasteiger partial charge in [-0.15, -0.1) is 0 Å². The van der Waals surface area contributed by atoms with Crippen molar-refractivity contribution in [2.45, 2.75) is 6.92 Å². The monoisotopic (exact) mass is 175 g/mol. The van der Waals surface area contributed by atoms with E-state index in [0.717, 1.165) is 0 Å². The van der Waals surface area contributed by atoms with Crippen molar-refractivity contribution in [1.82, 2.24) is 4.98 Å². The van der Waals surface area contributed by atoms with Crippen LogP contribution in [0.1, 0.15) is 6.92 Å². The van der Waals surface area contributed by atoms with E-state index in [1.54, 1.807) is 24.4 Å². The molecule has 0 saturated carbocycles. The first-order chi connectivity index (χ1) is 6.24. The van der Waals surface area contributed by atoms with Gasteiger partial charge in [0.15, 0.2) is 0 Å². The first-order valence-electron chi connectivity index (χ1n) is 3.85. The van der Waals surface area contributed by atoms with Gasteiger partial charge in [-0.1, -0.05) is 6.07 Å². The molecule has 13 heavy (non-hydrogen) atoms. The Morgan fingerprint density at radius 2 is 2.46 bits per heavy atom. The Bertz CT molecular complexity index is 328. The summed E-state index contributed by atoms with van der Waals surface area (Å²) in [6.45, 7) is 1.54. The molecule has 1 N–H and O–H groups in total. The van der Waals surface area contributed by atoms with Crippen LogP contribution in [-0.4, -0.2) is 10.9 Å². The number of nitriles is 1. The molecule has 1 heterocycles. The summed E-state index contributed by atoms with van der Waals surface area (Å²) < 4.78 is 0. The minimum Gasteiger partial charge on any atom is -0.310 e. The number of aromatic nitrogens is 1. The topological polar surface area (TPSA) is 65.8 Å². The quantitative estimate of drug-likeness (QED) is 0.733. The van der Waals surface area contributed by atoms with Crippen molar-refractivity contribution < 1.29 is 4.79 Å². The van der Waals surface area contributed by atoms with Crippen molar-refractivity contribution in [3.63, 3.8) is 0 Å². The first kappa shape index (κ1) is 9.20. The molecule has 0 saturated heterocycles. The molecule has 0 aliphatic rings. The molecule has 0 spiro atoms. The average Bonchev–Trinajstić information content (AvgIpc) is 2.18. The number of amides is 1. The van der Waals surface area contributed by atoms with Crippen LogP contribution in [0.3, 0.4) is 0 Å². The maximum absolute atomic E-state index is 11.2. The Hall–Kier alpha value is -1.89. The normalized spacial score (nSPS) is 11.4. The van der Waals surface area contributed by atoms with Crippen molar-refractivity contribution in [2.75, 3.05) is 5.32 Å². The average molecular weight is 175 g/mol. The summed E-state index contributed by atoms with van der Waals surface area (Å²) in [5, 5.41) is 11.0. The van der Waals surface area contributed by atoms with Gasteiger partial charge in [0.25, 0.3) is 0 Å². The molecule has 1 atom stereocenters. The Morgan fingerprint density at radius 1 is 1.69 bits per heavy atom. The second-order valence-corrected chi connectivity index (χ2v) is 2.56. The summed E-state index contributed by atoms with van der Waals surface area (Å²) in [5.74, 6) is -0.516. The van der Waals surface area contributed by atoms with Crippen LogP contribution in [0.2, 0.25) is 0 Å². The van der Waals surface area contributed by atoms with Crippen molar-refractivity contribution in [3.8, 4) is 6.07 Å². The summed E-state index contributed by atoms with van der Waals surface area (Å²) >= 11 is 0. The highest BCUT2D eigenvalue weighted by atomic mass is 16.1. The fourth-order valence-electron chi connectivity index (χ4n) is 0.730. The third kappa shape index (κ3) is 2.56. The zero-order valence-corrected chi connectivity index (χ0v) is 7.19. The fraction of sp³-hybridized carbons (Fsp3) is 0.222. The van der Waals surface area contributed by atoms with E-state index in [9.17, 15) is 4.79 Å². The third-order valence-electron chi connectivity index (χ3n) is 1.50. The Labute approximate surface area is 76.2 Å². The molecule has 0 radical (unpaired) electrons. The predicted octanol–water partition coefficient (Wildman–Crippen LogP) is 1.18. The number of pyridine rings is 1. The molecular formula is C9H9N3O. The van der Waals surface area contributed by atoms with Crippen molar-refractivity contribution in [1.29, 1.82) is 5.26 Å². The zero-order valence-electron chi connectivity index (χ0n) is 7.19. The second-order valence-electron chi connectivity index (χ2n) is 2.56. The molecular weight excluding hydrogens is 166 g/mol. The van der Waals surface area contributed by atoms with E-state index in [4.69, 9.17) is 5.26 Å².